The van der Waals surface area contributed by atoms with E-state index in [2.05, 4.69) is 23.8 Å². The molecular weight excluding hydrogens is 172 g/mol. The average molecular weight is 190 g/mol. The Morgan fingerprint density at radius 2 is 2.43 bits per heavy atom. The van der Waals surface area contributed by atoms with Gasteiger partial charge >= 0.3 is 0 Å². The molecule has 0 bridgehead atoms. The second kappa shape index (κ2) is 6.33. The lowest BCUT2D eigenvalue weighted by atomic mass is 10.2. The van der Waals surface area contributed by atoms with Gasteiger partial charge < -0.3 is 5.32 Å². The molecule has 2 nitrogen and oxygen atoms in total. The third-order valence-electron chi connectivity index (χ3n) is 2.16. The Balaban J connectivity index is 2.23. The van der Waals surface area contributed by atoms with Crippen LogP contribution in [0.4, 0.5) is 0 Å². The zero-order valence-corrected chi connectivity index (χ0v) is 8.74. The van der Waals surface area contributed by atoms with E-state index in [1.807, 2.05) is 30.5 Å². The van der Waals surface area contributed by atoms with Gasteiger partial charge in [-0.2, -0.15) is 0 Å². The number of rotatable bonds is 6. The molecule has 1 aromatic rings. The Hall–Kier alpha value is -1.15. The van der Waals surface area contributed by atoms with Crippen molar-refractivity contribution in [1.29, 1.82) is 0 Å². The summed E-state index contributed by atoms with van der Waals surface area (Å²) >= 11 is 0. The molecule has 0 amide bonds. The lowest BCUT2D eigenvalue weighted by Crippen LogP contribution is -2.25. The molecule has 0 saturated carbocycles. The van der Waals surface area contributed by atoms with Crippen molar-refractivity contribution in [1.82, 2.24) is 10.3 Å². The molecule has 0 spiro atoms. The summed E-state index contributed by atoms with van der Waals surface area (Å²) in [7, 11) is 0. The highest BCUT2D eigenvalue weighted by Gasteiger charge is 1.99. The topological polar surface area (TPSA) is 24.9 Å². The normalized spacial score (nSPS) is 12.4. The van der Waals surface area contributed by atoms with Crippen LogP contribution in [0.15, 0.2) is 37.1 Å². The quantitative estimate of drug-likeness (QED) is 0.697. The van der Waals surface area contributed by atoms with Gasteiger partial charge in [-0.1, -0.05) is 12.1 Å². The van der Waals surface area contributed by atoms with Crippen LogP contribution in [0, 0.1) is 0 Å². The summed E-state index contributed by atoms with van der Waals surface area (Å²) in [6, 6.07) is 6.51. The maximum Gasteiger partial charge on any atom is 0.0541 e. The molecule has 0 fully saturated rings. The van der Waals surface area contributed by atoms with Crippen molar-refractivity contribution in [2.24, 2.45) is 0 Å². The van der Waals surface area contributed by atoms with E-state index in [9.17, 15) is 0 Å². The largest absolute Gasteiger partial charge is 0.309 e. The van der Waals surface area contributed by atoms with E-state index in [1.54, 1.807) is 0 Å². The van der Waals surface area contributed by atoms with Crippen molar-refractivity contribution in [2.45, 2.75) is 32.4 Å². The fraction of sp³-hybridized carbons (Fsp3) is 0.417. The van der Waals surface area contributed by atoms with Crippen molar-refractivity contribution in [2.75, 3.05) is 0 Å². The number of nitrogens with one attached hydrogen (secondary N) is 1. The summed E-state index contributed by atoms with van der Waals surface area (Å²) in [6.07, 6.45) is 5.98. The molecule has 0 aliphatic rings. The van der Waals surface area contributed by atoms with Gasteiger partial charge in [-0.3, -0.25) is 4.98 Å². The van der Waals surface area contributed by atoms with Crippen molar-refractivity contribution in [3.8, 4) is 0 Å². The SMILES string of the molecule is C=CCCC(C)NCc1ccccn1. The summed E-state index contributed by atoms with van der Waals surface area (Å²) < 4.78 is 0. The van der Waals surface area contributed by atoms with Crippen molar-refractivity contribution in [3.05, 3.63) is 42.7 Å². The van der Waals surface area contributed by atoms with Gasteiger partial charge in [0.1, 0.15) is 0 Å². The van der Waals surface area contributed by atoms with Crippen molar-refractivity contribution < 1.29 is 0 Å². The maximum absolute atomic E-state index is 4.25. The highest BCUT2D eigenvalue weighted by molar-refractivity contribution is 5.03. The molecule has 0 saturated heterocycles. The number of pyridine rings is 1. The first kappa shape index (κ1) is 10.9. The Kier molecular flexibility index (Phi) is 4.94. The van der Waals surface area contributed by atoms with E-state index < -0.39 is 0 Å². The van der Waals surface area contributed by atoms with E-state index in [-0.39, 0.29) is 0 Å². The molecular formula is C12H18N2. The van der Waals surface area contributed by atoms with Crippen LogP contribution in [0.1, 0.15) is 25.5 Å². The highest BCUT2D eigenvalue weighted by atomic mass is 14.9. The zero-order chi connectivity index (χ0) is 10.2. The average Bonchev–Trinajstić information content (AvgIpc) is 2.25. The molecule has 14 heavy (non-hydrogen) atoms. The summed E-state index contributed by atoms with van der Waals surface area (Å²) in [5, 5.41) is 3.42. The van der Waals surface area contributed by atoms with Gasteiger partial charge in [-0.05, 0) is 31.9 Å². The van der Waals surface area contributed by atoms with Gasteiger partial charge in [0.15, 0.2) is 0 Å². The molecule has 1 heterocycles. The second-order valence-corrected chi connectivity index (χ2v) is 3.47. The van der Waals surface area contributed by atoms with Crippen LogP contribution in [0.25, 0.3) is 0 Å². The standard InChI is InChI=1S/C12H18N2/c1-3-4-7-11(2)14-10-12-8-5-6-9-13-12/h3,5-6,8-9,11,14H,1,4,7,10H2,2H3. The molecule has 1 unspecified atom stereocenters. The molecule has 0 aromatic carbocycles. The van der Waals surface area contributed by atoms with Crippen LogP contribution in [0.5, 0.6) is 0 Å². The van der Waals surface area contributed by atoms with E-state index in [0.717, 1.165) is 25.1 Å². The predicted molar refractivity (Wildman–Crippen MR) is 60.0 cm³/mol. The molecule has 2 heteroatoms. The van der Waals surface area contributed by atoms with E-state index in [1.165, 1.54) is 0 Å². The van der Waals surface area contributed by atoms with Crippen molar-refractivity contribution in [3.63, 3.8) is 0 Å². The highest BCUT2D eigenvalue weighted by Crippen LogP contribution is 1.99. The van der Waals surface area contributed by atoms with Crippen LogP contribution in [-0.2, 0) is 6.54 Å². The fourth-order valence-corrected chi connectivity index (χ4v) is 1.25. The van der Waals surface area contributed by atoms with Gasteiger partial charge in [0.05, 0.1) is 5.69 Å². The van der Waals surface area contributed by atoms with E-state index >= 15 is 0 Å². The van der Waals surface area contributed by atoms with Crippen LogP contribution in [0.2, 0.25) is 0 Å². The molecule has 1 N–H and O–H groups in total. The predicted octanol–water partition coefficient (Wildman–Crippen LogP) is 2.53. The smallest absolute Gasteiger partial charge is 0.0541 e. The summed E-state index contributed by atoms with van der Waals surface area (Å²) in [5.74, 6) is 0. The van der Waals surface area contributed by atoms with Crippen LogP contribution in [-0.4, -0.2) is 11.0 Å². The van der Waals surface area contributed by atoms with Crippen molar-refractivity contribution >= 4 is 0 Å². The lowest BCUT2D eigenvalue weighted by Gasteiger charge is -2.11. The molecule has 0 radical (unpaired) electrons. The van der Waals surface area contributed by atoms with Gasteiger partial charge in [-0.25, -0.2) is 0 Å². The van der Waals surface area contributed by atoms with E-state index in [0.29, 0.717) is 6.04 Å². The Morgan fingerprint density at radius 3 is 3.07 bits per heavy atom. The number of hydrogen-bond acceptors (Lipinski definition) is 2. The minimum Gasteiger partial charge on any atom is -0.309 e. The molecule has 1 rings (SSSR count). The molecule has 0 aliphatic carbocycles. The number of hydrogen-bond donors (Lipinski definition) is 1. The molecule has 1 atom stereocenters. The van der Waals surface area contributed by atoms with Gasteiger partial charge in [0, 0.05) is 18.8 Å². The Morgan fingerprint density at radius 1 is 1.57 bits per heavy atom. The van der Waals surface area contributed by atoms with Gasteiger partial charge in [0.2, 0.25) is 0 Å². The van der Waals surface area contributed by atoms with Gasteiger partial charge in [-0.15, -0.1) is 6.58 Å². The van der Waals surface area contributed by atoms with Crippen LogP contribution in [0.3, 0.4) is 0 Å². The maximum atomic E-state index is 4.25. The first-order valence-electron chi connectivity index (χ1n) is 5.07. The van der Waals surface area contributed by atoms with E-state index in [4.69, 9.17) is 0 Å². The zero-order valence-electron chi connectivity index (χ0n) is 8.74. The Bertz CT molecular complexity index is 256. The monoisotopic (exact) mass is 190 g/mol. The lowest BCUT2D eigenvalue weighted by molar-refractivity contribution is 0.513. The Labute approximate surface area is 86.1 Å². The number of allylic oxidation sites excluding steroid dienone is 1. The number of nitrogens with zero attached hydrogens (tertiary/aromatic N) is 1. The first-order valence-corrected chi connectivity index (χ1v) is 5.07. The van der Waals surface area contributed by atoms with Crippen LogP contribution < -0.4 is 5.32 Å². The molecule has 76 valence electrons. The minimum absolute atomic E-state index is 0.523. The van der Waals surface area contributed by atoms with Crippen LogP contribution >= 0.6 is 0 Å². The molecule has 0 aliphatic heterocycles. The number of aromatic nitrogens is 1. The fourth-order valence-electron chi connectivity index (χ4n) is 1.25. The van der Waals surface area contributed by atoms with Gasteiger partial charge in [0.25, 0.3) is 0 Å². The summed E-state index contributed by atoms with van der Waals surface area (Å²) in [6.45, 7) is 6.74. The third kappa shape index (κ3) is 4.19. The second-order valence-electron chi connectivity index (χ2n) is 3.47. The summed E-state index contributed by atoms with van der Waals surface area (Å²) in [5.41, 5.74) is 1.10. The summed E-state index contributed by atoms with van der Waals surface area (Å²) in [4.78, 5) is 4.25. The third-order valence-corrected chi connectivity index (χ3v) is 2.16. The minimum atomic E-state index is 0.523. The first-order chi connectivity index (χ1) is 6.83. The molecule has 1 aromatic heterocycles.